The summed E-state index contributed by atoms with van der Waals surface area (Å²) in [5.41, 5.74) is 0.870. The van der Waals surface area contributed by atoms with Crippen LogP contribution >= 0.6 is 11.3 Å². The molecule has 5 nitrogen and oxygen atoms in total. The molecule has 2 amide bonds. The largest absolute Gasteiger partial charge is 0.394 e. The molecule has 0 aliphatic heterocycles. The van der Waals surface area contributed by atoms with Crippen molar-refractivity contribution in [2.75, 3.05) is 13.2 Å². The highest BCUT2D eigenvalue weighted by Gasteiger charge is 2.13. The van der Waals surface area contributed by atoms with Crippen LogP contribution < -0.4 is 10.6 Å². The van der Waals surface area contributed by atoms with Crippen molar-refractivity contribution in [2.45, 2.75) is 18.9 Å². The summed E-state index contributed by atoms with van der Waals surface area (Å²) in [4.78, 5) is 24.3. The summed E-state index contributed by atoms with van der Waals surface area (Å²) in [5.74, 6) is -0.254. The molecule has 1 heterocycles. The number of nitrogens with one attached hydrogen (secondary N) is 2. The smallest absolute Gasteiger partial charge is 0.261 e. The minimum atomic E-state index is -0.399. The standard InChI is InChI=1S/C17H20N2O3S/c20-12-14(13-6-2-1-3-7-13)19-16(21)9-4-10-18-17(22)15-8-5-11-23-15/h1-3,5-8,11,14,20H,4,9-10,12H2,(H,18,22)(H,19,21). The molecule has 2 aromatic rings. The number of aliphatic hydroxyl groups is 1. The van der Waals surface area contributed by atoms with Crippen LogP contribution in [0.3, 0.4) is 0 Å². The summed E-state index contributed by atoms with van der Waals surface area (Å²) < 4.78 is 0. The molecular formula is C17H20N2O3S. The molecular weight excluding hydrogens is 312 g/mol. The van der Waals surface area contributed by atoms with Crippen LogP contribution in [-0.2, 0) is 4.79 Å². The van der Waals surface area contributed by atoms with E-state index in [2.05, 4.69) is 10.6 Å². The van der Waals surface area contributed by atoms with Crippen molar-refractivity contribution in [3.63, 3.8) is 0 Å². The van der Waals surface area contributed by atoms with E-state index in [4.69, 9.17) is 0 Å². The third-order valence-electron chi connectivity index (χ3n) is 3.33. The first-order chi connectivity index (χ1) is 11.2. The highest BCUT2D eigenvalue weighted by molar-refractivity contribution is 7.12. The van der Waals surface area contributed by atoms with Gasteiger partial charge in [-0.25, -0.2) is 0 Å². The maximum atomic E-state index is 11.9. The van der Waals surface area contributed by atoms with E-state index in [1.165, 1.54) is 11.3 Å². The van der Waals surface area contributed by atoms with Gasteiger partial charge in [0.15, 0.2) is 0 Å². The SMILES string of the molecule is O=C(CCCNC(=O)c1cccs1)NC(CO)c1ccccc1. The quantitative estimate of drug-likeness (QED) is 0.648. The number of thiophene rings is 1. The lowest BCUT2D eigenvalue weighted by molar-refractivity contribution is -0.122. The Balaban J connectivity index is 1.69. The fraction of sp³-hybridized carbons (Fsp3) is 0.294. The number of carbonyl (C=O) groups excluding carboxylic acids is 2. The Morgan fingerprint density at radius 3 is 2.57 bits per heavy atom. The molecule has 3 N–H and O–H groups in total. The first-order valence-electron chi connectivity index (χ1n) is 7.47. The van der Waals surface area contributed by atoms with Gasteiger partial charge in [-0.15, -0.1) is 11.3 Å². The van der Waals surface area contributed by atoms with Gasteiger partial charge in [-0.2, -0.15) is 0 Å². The van der Waals surface area contributed by atoms with Gasteiger partial charge in [-0.05, 0) is 23.4 Å². The molecule has 1 unspecified atom stereocenters. The van der Waals surface area contributed by atoms with Crippen LogP contribution in [0.15, 0.2) is 47.8 Å². The van der Waals surface area contributed by atoms with E-state index in [1.54, 1.807) is 6.07 Å². The summed E-state index contributed by atoms with van der Waals surface area (Å²) in [7, 11) is 0. The predicted molar refractivity (Wildman–Crippen MR) is 90.3 cm³/mol. The van der Waals surface area contributed by atoms with Gasteiger partial charge in [-0.1, -0.05) is 36.4 Å². The van der Waals surface area contributed by atoms with Crippen LogP contribution in [0.1, 0.15) is 34.1 Å². The summed E-state index contributed by atoms with van der Waals surface area (Å²) >= 11 is 1.39. The molecule has 0 saturated heterocycles. The molecule has 23 heavy (non-hydrogen) atoms. The van der Waals surface area contributed by atoms with Gasteiger partial charge in [0.1, 0.15) is 0 Å². The van der Waals surface area contributed by atoms with Crippen molar-refractivity contribution < 1.29 is 14.7 Å². The average molecular weight is 332 g/mol. The minimum absolute atomic E-state index is 0.113. The summed E-state index contributed by atoms with van der Waals surface area (Å²) in [6.07, 6.45) is 0.851. The minimum Gasteiger partial charge on any atom is -0.394 e. The second-order valence-electron chi connectivity index (χ2n) is 5.05. The van der Waals surface area contributed by atoms with E-state index in [-0.39, 0.29) is 18.4 Å². The number of hydrogen-bond acceptors (Lipinski definition) is 4. The number of benzene rings is 1. The first-order valence-corrected chi connectivity index (χ1v) is 8.35. The molecule has 0 saturated carbocycles. The number of amides is 2. The van der Waals surface area contributed by atoms with Gasteiger partial charge in [0.2, 0.25) is 5.91 Å². The van der Waals surface area contributed by atoms with Crippen molar-refractivity contribution in [3.05, 3.63) is 58.3 Å². The molecule has 0 fully saturated rings. The molecule has 6 heteroatoms. The van der Waals surface area contributed by atoms with Crippen molar-refractivity contribution in [1.82, 2.24) is 10.6 Å². The molecule has 0 aliphatic carbocycles. The maximum Gasteiger partial charge on any atom is 0.261 e. The Bertz CT molecular complexity index is 614. The Labute approximate surface area is 139 Å². The lowest BCUT2D eigenvalue weighted by Gasteiger charge is -2.16. The van der Waals surface area contributed by atoms with E-state index in [0.29, 0.717) is 24.3 Å². The van der Waals surface area contributed by atoms with Gasteiger partial charge in [0.25, 0.3) is 5.91 Å². The van der Waals surface area contributed by atoms with Crippen molar-refractivity contribution in [2.24, 2.45) is 0 Å². The Morgan fingerprint density at radius 1 is 1.13 bits per heavy atom. The molecule has 2 rings (SSSR count). The highest BCUT2D eigenvalue weighted by Crippen LogP contribution is 2.12. The number of hydrogen-bond donors (Lipinski definition) is 3. The zero-order valence-electron chi connectivity index (χ0n) is 12.7. The Morgan fingerprint density at radius 2 is 1.91 bits per heavy atom. The first kappa shape index (κ1) is 17.2. The third-order valence-corrected chi connectivity index (χ3v) is 4.20. The zero-order chi connectivity index (χ0) is 16.5. The van der Waals surface area contributed by atoms with Crippen molar-refractivity contribution in [3.8, 4) is 0 Å². The van der Waals surface area contributed by atoms with E-state index >= 15 is 0 Å². The lowest BCUT2D eigenvalue weighted by atomic mass is 10.1. The highest BCUT2D eigenvalue weighted by atomic mass is 32.1. The summed E-state index contributed by atoms with van der Waals surface area (Å²) in [5, 5.41) is 16.8. The van der Waals surface area contributed by atoms with E-state index in [1.807, 2.05) is 41.8 Å². The van der Waals surface area contributed by atoms with Gasteiger partial charge < -0.3 is 15.7 Å². The van der Waals surface area contributed by atoms with Gasteiger partial charge in [-0.3, -0.25) is 9.59 Å². The summed E-state index contributed by atoms with van der Waals surface area (Å²) in [6, 6.07) is 12.5. The second kappa shape index (κ2) is 9.07. The van der Waals surface area contributed by atoms with Crippen LogP contribution in [-0.4, -0.2) is 30.1 Å². The lowest BCUT2D eigenvalue weighted by Crippen LogP contribution is -2.31. The maximum absolute atomic E-state index is 11.9. The van der Waals surface area contributed by atoms with Crippen LogP contribution in [0.5, 0.6) is 0 Å². The molecule has 0 aliphatic rings. The Kier molecular flexibility index (Phi) is 6.77. The molecule has 1 atom stereocenters. The fourth-order valence-electron chi connectivity index (χ4n) is 2.13. The molecule has 1 aromatic heterocycles. The van der Waals surface area contributed by atoms with Crippen LogP contribution in [0.25, 0.3) is 0 Å². The Hall–Kier alpha value is -2.18. The van der Waals surface area contributed by atoms with Crippen molar-refractivity contribution in [1.29, 1.82) is 0 Å². The van der Waals surface area contributed by atoms with E-state index < -0.39 is 6.04 Å². The molecule has 122 valence electrons. The third kappa shape index (κ3) is 5.50. The van der Waals surface area contributed by atoms with Gasteiger partial charge in [0, 0.05) is 13.0 Å². The monoisotopic (exact) mass is 332 g/mol. The van der Waals surface area contributed by atoms with E-state index in [9.17, 15) is 14.7 Å². The molecule has 0 bridgehead atoms. The average Bonchev–Trinajstić information content (AvgIpc) is 3.12. The van der Waals surface area contributed by atoms with Gasteiger partial charge >= 0.3 is 0 Å². The summed E-state index contributed by atoms with van der Waals surface area (Å²) in [6.45, 7) is 0.296. The fourth-order valence-corrected chi connectivity index (χ4v) is 2.77. The molecule has 0 spiro atoms. The van der Waals surface area contributed by atoms with Crippen LogP contribution in [0, 0.1) is 0 Å². The number of carbonyl (C=O) groups is 2. The molecule has 0 radical (unpaired) electrons. The van der Waals surface area contributed by atoms with Gasteiger partial charge in [0.05, 0.1) is 17.5 Å². The topological polar surface area (TPSA) is 78.4 Å². The van der Waals surface area contributed by atoms with Crippen LogP contribution in [0.2, 0.25) is 0 Å². The zero-order valence-corrected chi connectivity index (χ0v) is 13.5. The normalized spacial score (nSPS) is 11.7. The van der Waals surface area contributed by atoms with Crippen LogP contribution in [0.4, 0.5) is 0 Å². The second-order valence-corrected chi connectivity index (χ2v) is 6.00. The number of rotatable bonds is 8. The van der Waals surface area contributed by atoms with Crippen molar-refractivity contribution >= 4 is 23.2 Å². The number of aliphatic hydroxyl groups excluding tert-OH is 1. The molecule has 1 aromatic carbocycles. The predicted octanol–water partition coefficient (Wildman–Crippen LogP) is 2.11. The van der Waals surface area contributed by atoms with E-state index in [0.717, 1.165) is 5.56 Å².